The predicted molar refractivity (Wildman–Crippen MR) is 80.2 cm³/mol. The Kier molecular flexibility index (Phi) is 5.60. The molecule has 2 N–H and O–H groups in total. The van der Waals surface area contributed by atoms with Crippen LogP contribution < -0.4 is 5.73 Å². The van der Waals surface area contributed by atoms with Crippen LogP contribution in [-0.4, -0.2) is 18.6 Å². The summed E-state index contributed by atoms with van der Waals surface area (Å²) in [6.07, 6.45) is 4.77. The maximum atomic E-state index is 12.1. The topological polar surface area (TPSA) is 52.3 Å². The molecule has 0 radical (unpaired) electrons. The average Bonchev–Trinajstić information content (AvgIpc) is 2.46. The van der Waals surface area contributed by atoms with E-state index in [9.17, 15) is 4.79 Å². The first-order chi connectivity index (χ1) is 9.70. The van der Waals surface area contributed by atoms with E-state index in [0.717, 1.165) is 32.1 Å². The highest BCUT2D eigenvalue weighted by Crippen LogP contribution is 2.33. The quantitative estimate of drug-likeness (QED) is 0.841. The second-order valence-corrected chi connectivity index (χ2v) is 5.72. The fraction of sp³-hybridized carbons (Fsp3) is 0.588. The molecule has 3 heteroatoms. The van der Waals surface area contributed by atoms with Crippen LogP contribution >= 0.6 is 0 Å². The molecule has 1 saturated carbocycles. The van der Waals surface area contributed by atoms with Gasteiger partial charge in [-0.05, 0) is 50.5 Å². The van der Waals surface area contributed by atoms with Gasteiger partial charge >= 0.3 is 5.97 Å². The van der Waals surface area contributed by atoms with Gasteiger partial charge in [0.1, 0.15) is 0 Å². The van der Waals surface area contributed by atoms with Crippen molar-refractivity contribution < 1.29 is 9.53 Å². The summed E-state index contributed by atoms with van der Waals surface area (Å²) in [7, 11) is 0. The van der Waals surface area contributed by atoms with Crippen molar-refractivity contribution in [2.45, 2.75) is 45.1 Å². The van der Waals surface area contributed by atoms with Crippen molar-refractivity contribution in [1.82, 2.24) is 0 Å². The normalized spacial score (nSPS) is 26.2. The number of aryl methyl sites for hydroxylation is 1. The zero-order valence-corrected chi connectivity index (χ0v) is 12.3. The van der Waals surface area contributed by atoms with E-state index in [0.29, 0.717) is 12.5 Å². The third-order valence-electron chi connectivity index (χ3n) is 4.26. The van der Waals surface area contributed by atoms with Gasteiger partial charge in [0.05, 0.1) is 12.5 Å². The Morgan fingerprint density at radius 3 is 2.75 bits per heavy atom. The predicted octanol–water partition coefficient (Wildman–Crippen LogP) is 2.93. The minimum Gasteiger partial charge on any atom is -0.466 e. The van der Waals surface area contributed by atoms with Gasteiger partial charge in [-0.1, -0.05) is 30.3 Å². The molecule has 2 rings (SSSR count). The van der Waals surface area contributed by atoms with Crippen LogP contribution in [0.4, 0.5) is 0 Å². The average molecular weight is 275 g/mol. The summed E-state index contributed by atoms with van der Waals surface area (Å²) in [4.78, 5) is 12.1. The van der Waals surface area contributed by atoms with Crippen molar-refractivity contribution in [2.75, 3.05) is 6.61 Å². The highest BCUT2D eigenvalue weighted by Gasteiger charge is 2.34. The fourth-order valence-electron chi connectivity index (χ4n) is 3.18. The van der Waals surface area contributed by atoms with E-state index in [1.807, 2.05) is 13.0 Å². The van der Waals surface area contributed by atoms with Gasteiger partial charge in [-0.3, -0.25) is 4.79 Å². The number of carbonyl (C=O) groups is 1. The molecule has 0 amide bonds. The Morgan fingerprint density at radius 1 is 1.30 bits per heavy atom. The van der Waals surface area contributed by atoms with E-state index in [-0.39, 0.29) is 17.9 Å². The molecule has 3 atom stereocenters. The monoisotopic (exact) mass is 275 g/mol. The van der Waals surface area contributed by atoms with Gasteiger partial charge in [0.25, 0.3) is 0 Å². The first-order valence-electron chi connectivity index (χ1n) is 7.66. The van der Waals surface area contributed by atoms with Gasteiger partial charge in [-0.15, -0.1) is 0 Å². The van der Waals surface area contributed by atoms with Gasteiger partial charge in [0, 0.05) is 6.04 Å². The van der Waals surface area contributed by atoms with Crippen molar-refractivity contribution in [3.63, 3.8) is 0 Å². The Hall–Kier alpha value is -1.35. The lowest BCUT2D eigenvalue weighted by molar-refractivity contribution is -0.151. The summed E-state index contributed by atoms with van der Waals surface area (Å²) in [6, 6.07) is 10.7. The third-order valence-corrected chi connectivity index (χ3v) is 4.26. The van der Waals surface area contributed by atoms with Crippen LogP contribution in [0.1, 0.15) is 38.2 Å². The van der Waals surface area contributed by atoms with Crippen LogP contribution in [-0.2, 0) is 16.0 Å². The van der Waals surface area contributed by atoms with E-state index < -0.39 is 0 Å². The molecule has 0 aromatic heterocycles. The molecule has 0 bridgehead atoms. The van der Waals surface area contributed by atoms with Crippen LogP contribution in [0.25, 0.3) is 0 Å². The van der Waals surface area contributed by atoms with E-state index in [4.69, 9.17) is 10.5 Å². The van der Waals surface area contributed by atoms with Crippen LogP contribution in [0, 0.1) is 11.8 Å². The van der Waals surface area contributed by atoms with Crippen molar-refractivity contribution in [3.05, 3.63) is 35.9 Å². The number of ether oxygens (including phenoxy) is 1. The molecule has 110 valence electrons. The number of benzene rings is 1. The largest absolute Gasteiger partial charge is 0.466 e. The van der Waals surface area contributed by atoms with Gasteiger partial charge in [0.15, 0.2) is 0 Å². The highest BCUT2D eigenvalue weighted by atomic mass is 16.5. The molecular formula is C17H25NO2. The lowest BCUT2D eigenvalue weighted by atomic mass is 9.74. The van der Waals surface area contributed by atoms with Crippen LogP contribution in [0.5, 0.6) is 0 Å². The summed E-state index contributed by atoms with van der Waals surface area (Å²) in [5, 5.41) is 0. The van der Waals surface area contributed by atoms with Crippen molar-refractivity contribution in [2.24, 2.45) is 17.6 Å². The summed E-state index contributed by atoms with van der Waals surface area (Å²) in [6.45, 7) is 2.33. The van der Waals surface area contributed by atoms with Crippen LogP contribution in [0.2, 0.25) is 0 Å². The molecule has 1 aliphatic carbocycles. The smallest absolute Gasteiger partial charge is 0.309 e. The molecule has 3 nitrogen and oxygen atoms in total. The Labute approximate surface area is 121 Å². The minimum absolute atomic E-state index is 0.0301. The fourth-order valence-corrected chi connectivity index (χ4v) is 3.18. The molecule has 0 heterocycles. The molecule has 0 unspecified atom stereocenters. The maximum Gasteiger partial charge on any atom is 0.309 e. The van der Waals surface area contributed by atoms with Crippen LogP contribution in [0.15, 0.2) is 30.3 Å². The Morgan fingerprint density at radius 2 is 2.05 bits per heavy atom. The molecule has 0 saturated heterocycles. The van der Waals surface area contributed by atoms with Gasteiger partial charge in [-0.2, -0.15) is 0 Å². The molecule has 1 aromatic carbocycles. The molecule has 1 aromatic rings. The lowest BCUT2D eigenvalue weighted by Crippen LogP contribution is -2.37. The first kappa shape index (κ1) is 15.0. The molecule has 0 aliphatic heterocycles. The van der Waals surface area contributed by atoms with Crippen LogP contribution in [0.3, 0.4) is 0 Å². The SMILES string of the molecule is CCOC(=O)[C@H]1CC[C@@H](N)C[C@@H]1CCc1ccccc1. The summed E-state index contributed by atoms with van der Waals surface area (Å²) < 4.78 is 5.22. The number of rotatable bonds is 5. The second-order valence-electron chi connectivity index (χ2n) is 5.72. The van der Waals surface area contributed by atoms with E-state index in [1.54, 1.807) is 0 Å². The molecule has 0 spiro atoms. The summed E-state index contributed by atoms with van der Waals surface area (Å²) >= 11 is 0. The van der Waals surface area contributed by atoms with Gasteiger partial charge in [-0.25, -0.2) is 0 Å². The first-order valence-corrected chi connectivity index (χ1v) is 7.66. The molecule has 1 fully saturated rings. The number of nitrogens with two attached hydrogens (primary N) is 1. The minimum atomic E-state index is -0.0301. The Balaban J connectivity index is 1.95. The third kappa shape index (κ3) is 4.07. The summed E-state index contributed by atoms with van der Waals surface area (Å²) in [5.74, 6) is 0.369. The highest BCUT2D eigenvalue weighted by molar-refractivity contribution is 5.72. The molecule has 20 heavy (non-hydrogen) atoms. The summed E-state index contributed by atoms with van der Waals surface area (Å²) in [5.41, 5.74) is 7.41. The Bertz CT molecular complexity index is 418. The number of carbonyl (C=O) groups excluding carboxylic acids is 1. The number of hydrogen-bond donors (Lipinski definition) is 1. The van der Waals surface area contributed by atoms with Gasteiger partial charge in [0.2, 0.25) is 0 Å². The van der Waals surface area contributed by atoms with Crippen molar-refractivity contribution in [3.8, 4) is 0 Å². The van der Waals surface area contributed by atoms with Gasteiger partial charge < -0.3 is 10.5 Å². The number of hydrogen-bond acceptors (Lipinski definition) is 3. The maximum absolute atomic E-state index is 12.1. The number of esters is 1. The van der Waals surface area contributed by atoms with E-state index in [2.05, 4.69) is 24.3 Å². The van der Waals surface area contributed by atoms with E-state index in [1.165, 1.54) is 5.56 Å². The van der Waals surface area contributed by atoms with Crippen molar-refractivity contribution >= 4 is 5.97 Å². The zero-order valence-electron chi connectivity index (χ0n) is 12.3. The zero-order chi connectivity index (χ0) is 14.4. The second kappa shape index (κ2) is 7.44. The lowest BCUT2D eigenvalue weighted by Gasteiger charge is -2.33. The standard InChI is InChI=1S/C17H25NO2/c1-2-20-17(19)16-11-10-15(18)12-14(16)9-8-13-6-4-3-5-7-13/h3-7,14-16H,2,8-12,18H2,1H3/t14-,15+,16-/m0/s1. The molecule has 1 aliphatic rings. The van der Waals surface area contributed by atoms with E-state index >= 15 is 0 Å². The molecular weight excluding hydrogens is 250 g/mol. The van der Waals surface area contributed by atoms with Crippen molar-refractivity contribution in [1.29, 1.82) is 0 Å².